The van der Waals surface area contributed by atoms with Crippen LogP contribution in [0.4, 0.5) is 13.2 Å². The Balaban J connectivity index is 1.72. The number of ether oxygens (including phenoxy) is 1. The van der Waals surface area contributed by atoms with E-state index in [1.807, 2.05) is 24.3 Å². The van der Waals surface area contributed by atoms with Gasteiger partial charge in [-0.15, -0.1) is 0 Å². The smallest absolute Gasteiger partial charge is 0.440 e. The summed E-state index contributed by atoms with van der Waals surface area (Å²) < 4.78 is 45.8. The molecule has 2 N–H and O–H groups in total. The molecular formula is C23H32F3N3O3. The molecule has 178 valence electrons. The number of nitrogens with two attached hydrogens (primary N) is 1. The van der Waals surface area contributed by atoms with E-state index >= 15 is 0 Å². The molecular weight excluding hydrogens is 423 g/mol. The van der Waals surface area contributed by atoms with Crippen LogP contribution in [0.2, 0.25) is 0 Å². The summed E-state index contributed by atoms with van der Waals surface area (Å²) in [4.78, 5) is 15.0. The van der Waals surface area contributed by atoms with Crippen LogP contribution in [-0.2, 0) is 22.4 Å². The number of aryl methyl sites for hydroxylation is 2. The van der Waals surface area contributed by atoms with Crippen molar-refractivity contribution in [1.82, 2.24) is 10.1 Å². The van der Waals surface area contributed by atoms with Gasteiger partial charge in [0.2, 0.25) is 11.7 Å². The molecule has 2 rings (SSSR count). The maximum atomic E-state index is 12.2. The Hall–Kier alpha value is -2.42. The highest BCUT2D eigenvalue weighted by Crippen LogP contribution is 2.20. The molecule has 0 aliphatic carbocycles. The summed E-state index contributed by atoms with van der Waals surface area (Å²) >= 11 is 0. The molecule has 1 aromatic heterocycles. The van der Waals surface area contributed by atoms with Gasteiger partial charge in [0.25, 0.3) is 0 Å². The van der Waals surface area contributed by atoms with Crippen LogP contribution < -0.4 is 5.73 Å². The van der Waals surface area contributed by atoms with Crippen molar-refractivity contribution in [2.45, 2.75) is 90.0 Å². The van der Waals surface area contributed by atoms with Crippen molar-refractivity contribution in [3.05, 3.63) is 35.7 Å². The molecule has 0 radical (unpaired) electrons. The number of alkyl halides is 3. The number of carbonyl (C=O) groups excluding carboxylic acids is 1. The van der Waals surface area contributed by atoms with E-state index in [-0.39, 0.29) is 18.7 Å². The predicted octanol–water partition coefficient (Wildman–Crippen LogP) is 5.74. The second kappa shape index (κ2) is 13.2. The van der Waals surface area contributed by atoms with E-state index in [0.717, 1.165) is 12.0 Å². The molecule has 1 aromatic carbocycles. The van der Waals surface area contributed by atoms with Crippen LogP contribution in [0.5, 0.6) is 0 Å². The van der Waals surface area contributed by atoms with Crippen LogP contribution in [-0.4, -0.2) is 28.5 Å². The molecule has 9 heteroatoms. The highest BCUT2D eigenvalue weighted by molar-refractivity contribution is 5.75. The third-order valence-corrected chi connectivity index (χ3v) is 5.13. The molecule has 1 atom stereocenters. The van der Waals surface area contributed by atoms with E-state index in [9.17, 15) is 18.0 Å². The molecule has 0 amide bonds. The highest BCUT2D eigenvalue weighted by Gasteiger charge is 2.41. The molecule has 0 aliphatic rings. The lowest BCUT2D eigenvalue weighted by Crippen LogP contribution is -2.34. The van der Waals surface area contributed by atoms with Crippen LogP contribution in [0.1, 0.15) is 76.2 Å². The Labute approximate surface area is 186 Å². The largest absolute Gasteiger partial charge is 0.490 e. The normalized spacial score (nSPS) is 12.7. The first-order chi connectivity index (χ1) is 15.3. The number of unbranched alkanes of at least 4 members (excludes halogenated alkanes) is 7. The van der Waals surface area contributed by atoms with E-state index < -0.39 is 18.4 Å². The lowest BCUT2D eigenvalue weighted by Gasteiger charge is -2.13. The van der Waals surface area contributed by atoms with Crippen molar-refractivity contribution >= 4 is 5.97 Å². The first-order valence-electron chi connectivity index (χ1n) is 11.2. The third kappa shape index (κ3) is 9.38. The molecule has 0 aliphatic heterocycles. The molecule has 6 nitrogen and oxygen atoms in total. The Morgan fingerprint density at radius 1 is 1.03 bits per heavy atom. The number of hydrogen-bond donors (Lipinski definition) is 1. The highest BCUT2D eigenvalue weighted by atomic mass is 19.4. The molecule has 0 fully saturated rings. The minimum absolute atomic E-state index is 0.0685. The Kier molecular flexibility index (Phi) is 10.7. The van der Waals surface area contributed by atoms with E-state index in [1.165, 1.54) is 56.9 Å². The molecule has 32 heavy (non-hydrogen) atoms. The molecule has 2 aromatic rings. The Morgan fingerprint density at radius 3 is 2.28 bits per heavy atom. The van der Waals surface area contributed by atoms with Crippen LogP contribution in [0, 0.1) is 0 Å². The maximum absolute atomic E-state index is 12.2. The Bertz CT molecular complexity index is 807. The number of hydrogen-bond acceptors (Lipinski definition) is 6. The van der Waals surface area contributed by atoms with Gasteiger partial charge in [-0.2, -0.15) is 18.2 Å². The van der Waals surface area contributed by atoms with Crippen LogP contribution in [0.15, 0.2) is 28.8 Å². The van der Waals surface area contributed by atoms with Gasteiger partial charge in [-0.3, -0.25) is 5.73 Å². The van der Waals surface area contributed by atoms with E-state index in [1.54, 1.807) is 0 Å². The second-order valence-electron chi connectivity index (χ2n) is 7.91. The number of rotatable bonds is 14. The van der Waals surface area contributed by atoms with E-state index in [0.29, 0.717) is 5.82 Å². The molecule has 1 unspecified atom stereocenters. The fourth-order valence-electron chi connectivity index (χ4n) is 3.29. The summed E-state index contributed by atoms with van der Waals surface area (Å²) in [5, 5.41) is 3.90. The standard InChI is InChI=1S/C23H32F3N3O3/c1-2-3-4-5-6-7-8-9-10-17-11-13-18(14-12-17)21-28-20(32-29-21)16-15-19(27)31-22(30)23(24,25)26/h11-14,19H,2-10,15-16,27H2,1H3. The fourth-order valence-corrected chi connectivity index (χ4v) is 3.29. The zero-order valence-corrected chi connectivity index (χ0v) is 18.5. The van der Waals surface area contributed by atoms with Gasteiger partial charge in [0, 0.05) is 18.4 Å². The first-order valence-corrected chi connectivity index (χ1v) is 11.2. The lowest BCUT2D eigenvalue weighted by molar-refractivity contribution is -0.204. The quantitative estimate of drug-likeness (QED) is 0.222. The van der Waals surface area contributed by atoms with Gasteiger partial charge in [0.05, 0.1) is 0 Å². The number of benzene rings is 1. The average molecular weight is 456 g/mol. The second-order valence-corrected chi connectivity index (χ2v) is 7.91. The summed E-state index contributed by atoms with van der Waals surface area (Å²) in [6.07, 6.45) is 4.86. The maximum Gasteiger partial charge on any atom is 0.490 e. The number of esters is 1. The van der Waals surface area contributed by atoms with Crippen LogP contribution in [0.3, 0.4) is 0 Å². The van der Waals surface area contributed by atoms with Crippen molar-refractivity contribution in [3.8, 4) is 11.4 Å². The molecule has 0 saturated heterocycles. The zero-order valence-electron chi connectivity index (χ0n) is 18.5. The summed E-state index contributed by atoms with van der Waals surface area (Å²) in [7, 11) is 0. The minimum atomic E-state index is -5.07. The monoisotopic (exact) mass is 455 g/mol. The summed E-state index contributed by atoms with van der Waals surface area (Å²) in [5.41, 5.74) is 7.44. The topological polar surface area (TPSA) is 91.2 Å². The van der Waals surface area contributed by atoms with E-state index in [2.05, 4.69) is 21.8 Å². The van der Waals surface area contributed by atoms with Gasteiger partial charge in [-0.1, -0.05) is 81.3 Å². The van der Waals surface area contributed by atoms with E-state index in [4.69, 9.17) is 10.3 Å². The SMILES string of the molecule is CCCCCCCCCCc1ccc(-c2noc(CCC(N)OC(=O)C(F)(F)F)n2)cc1. The van der Waals surface area contributed by atoms with Crippen molar-refractivity contribution in [2.24, 2.45) is 5.73 Å². The zero-order chi connectivity index (χ0) is 23.4. The van der Waals surface area contributed by atoms with Crippen LogP contribution in [0.25, 0.3) is 11.4 Å². The van der Waals surface area contributed by atoms with Crippen molar-refractivity contribution in [3.63, 3.8) is 0 Å². The number of aromatic nitrogens is 2. The van der Waals surface area contributed by atoms with Crippen molar-refractivity contribution < 1.29 is 27.2 Å². The summed E-state index contributed by atoms with van der Waals surface area (Å²) in [5.74, 6) is -1.72. The number of carbonyl (C=O) groups is 1. The molecule has 1 heterocycles. The van der Waals surface area contributed by atoms with Crippen molar-refractivity contribution in [2.75, 3.05) is 0 Å². The van der Waals surface area contributed by atoms with Crippen molar-refractivity contribution in [1.29, 1.82) is 0 Å². The molecule has 0 saturated carbocycles. The summed E-state index contributed by atoms with van der Waals surface area (Å²) in [6, 6.07) is 7.93. The van der Waals surface area contributed by atoms with Gasteiger partial charge in [0.15, 0.2) is 6.23 Å². The molecule has 0 spiro atoms. The Morgan fingerprint density at radius 2 is 1.66 bits per heavy atom. The molecule has 0 bridgehead atoms. The number of nitrogens with zero attached hydrogens (tertiary/aromatic N) is 2. The van der Waals surface area contributed by atoms with Gasteiger partial charge < -0.3 is 9.26 Å². The fraction of sp³-hybridized carbons (Fsp3) is 0.609. The minimum Gasteiger partial charge on any atom is -0.440 e. The predicted molar refractivity (Wildman–Crippen MR) is 114 cm³/mol. The third-order valence-electron chi connectivity index (χ3n) is 5.13. The van der Waals surface area contributed by atoms with Crippen LogP contribution >= 0.6 is 0 Å². The van der Waals surface area contributed by atoms with Gasteiger partial charge in [0.1, 0.15) is 0 Å². The van der Waals surface area contributed by atoms with Gasteiger partial charge in [-0.25, -0.2) is 4.79 Å². The summed E-state index contributed by atoms with van der Waals surface area (Å²) in [6.45, 7) is 2.23. The number of halogens is 3. The van der Waals surface area contributed by atoms with Gasteiger partial charge >= 0.3 is 12.1 Å². The van der Waals surface area contributed by atoms with Gasteiger partial charge in [-0.05, 0) is 18.4 Å². The lowest BCUT2D eigenvalue weighted by atomic mass is 10.0. The first kappa shape index (κ1) is 25.8. The average Bonchev–Trinajstić information content (AvgIpc) is 3.23.